The highest BCUT2D eigenvalue weighted by Crippen LogP contribution is 2.35. The van der Waals surface area contributed by atoms with E-state index in [-0.39, 0.29) is 0 Å². The number of carboxylic acid groups (broad SMARTS) is 1. The van der Waals surface area contributed by atoms with Gasteiger partial charge in [-0.3, -0.25) is 9.36 Å². The molecule has 1 aromatic heterocycles. The molecule has 1 aromatic carbocycles. The number of aromatic nitrogens is 3. The van der Waals surface area contributed by atoms with Crippen molar-refractivity contribution < 1.29 is 14.6 Å². The van der Waals surface area contributed by atoms with Crippen molar-refractivity contribution in [2.75, 3.05) is 7.11 Å². The van der Waals surface area contributed by atoms with Crippen molar-refractivity contribution in [3.05, 3.63) is 30.1 Å². The third kappa shape index (κ3) is 3.98. The Morgan fingerprint density at radius 3 is 2.52 bits per heavy atom. The molecular weight excluding hydrogens is 338 g/mol. The summed E-state index contributed by atoms with van der Waals surface area (Å²) in [6.45, 7) is 1.67. The van der Waals surface area contributed by atoms with Gasteiger partial charge < -0.3 is 9.84 Å². The van der Waals surface area contributed by atoms with Crippen LogP contribution in [0.4, 0.5) is 0 Å². The average molecular weight is 361 g/mol. The molecule has 0 saturated heterocycles. The molecule has 0 bridgehead atoms. The smallest absolute Gasteiger partial charge is 0.316 e. The van der Waals surface area contributed by atoms with E-state index in [9.17, 15) is 9.90 Å². The molecule has 1 atom stereocenters. The molecule has 6 nitrogen and oxygen atoms in total. The maximum atomic E-state index is 11.2. The van der Waals surface area contributed by atoms with Crippen LogP contribution in [0.2, 0.25) is 0 Å². The van der Waals surface area contributed by atoms with Gasteiger partial charge in [0, 0.05) is 11.6 Å². The van der Waals surface area contributed by atoms with Crippen molar-refractivity contribution in [2.45, 2.75) is 55.4 Å². The van der Waals surface area contributed by atoms with Crippen LogP contribution in [0.5, 0.6) is 5.75 Å². The Balaban J connectivity index is 2.00. The predicted octanol–water partition coefficient (Wildman–Crippen LogP) is 3.89. The topological polar surface area (TPSA) is 77.2 Å². The third-order valence-electron chi connectivity index (χ3n) is 4.59. The first-order chi connectivity index (χ1) is 12.1. The Morgan fingerprint density at radius 1 is 1.24 bits per heavy atom. The van der Waals surface area contributed by atoms with Gasteiger partial charge in [-0.2, -0.15) is 0 Å². The molecule has 25 heavy (non-hydrogen) atoms. The summed E-state index contributed by atoms with van der Waals surface area (Å²) in [5.41, 5.74) is 0.937. The number of thioether (sulfide) groups is 1. The van der Waals surface area contributed by atoms with Gasteiger partial charge in [-0.05, 0) is 44.0 Å². The van der Waals surface area contributed by atoms with Crippen LogP contribution in [-0.2, 0) is 4.79 Å². The van der Waals surface area contributed by atoms with Crippen LogP contribution in [0.25, 0.3) is 5.69 Å². The third-order valence-corrected chi connectivity index (χ3v) is 5.62. The Hall–Kier alpha value is -2.02. The summed E-state index contributed by atoms with van der Waals surface area (Å²) in [5.74, 6) is 1.24. The quantitative estimate of drug-likeness (QED) is 0.787. The van der Waals surface area contributed by atoms with Gasteiger partial charge >= 0.3 is 5.97 Å². The maximum absolute atomic E-state index is 11.2. The Morgan fingerprint density at radius 2 is 1.92 bits per heavy atom. The van der Waals surface area contributed by atoms with Crippen molar-refractivity contribution in [1.29, 1.82) is 0 Å². The number of methoxy groups -OCH3 is 1. The first-order valence-corrected chi connectivity index (χ1v) is 9.47. The SMILES string of the molecule is COc1ccc(-n2c(S[C@@H](C)C(=O)O)nnc2C2CCCCC2)cc1. The number of carboxylic acids is 1. The zero-order valence-corrected chi connectivity index (χ0v) is 15.3. The fourth-order valence-corrected chi connectivity index (χ4v) is 3.97. The molecule has 1 aliphatic carbocycles. The highest BCUT2D eigenvalue weighted by molar-refractivity contribution is 8.00. The second-order valence-corrected chi connectivity index (χ2v) is 7.62. The molecule has 0 unspecified atom stereocenters. The zero-order chi connectivity index (χ0) is 17.8. The number of rotatable bonds is 6. The molecule has 134 valence electrons. The number of hydrogen-bond donors (Lipinski definition) is 1. The van der Waals surface area contributed by atoms with Crippen molar-refractivity contribution in [1.82, 2.24) is 14.8 Å². The first kappa shape index (κ1) is 17.8. The molecular formula is C18H23N3O3S. The number of aliphatic carboxylic acids is 1. The van der Waals surface area contributed by atoms with Crippen molar-refractivity contribution >= 4 is 17.7 Å². The summed E-state index contributed by atoms with van der Waals surface area (Å²) in [5, 5.41) is 18.0. The van der Waals surface area contributed by atoms with E-state index >= 15 is 0 Å². The van der Waals surface area contributed by atoms with E-state index < -0.39 is 11.2 Å². The predicted molar refractivity (Wildman–Crippen MR) is 96.7 cm³/mol. The van der Waals surface area contributed by atoms with Gasteiger partial charge in [0.2, 0.25) is 0 Å². The molecule has 1 N–H and O–H groups in total. The van der Waals surface area contributed by atoms with Gasteiger partial charge in [0.15, 0.2) is 5.16 Å². The van der Waals surface area contributed by atoms with Gasteiger partial charge in [-0.25, -0.2) is 0 Å². The zero-order valence-electron chi connectivity index (χ0n) is 14.5. The van der Waals surface area contributed by atoms with E-state index in [0.717, 1.165) is 30.1 Å². The number of carbonyl (C=O) groups is 1. The summed E-state index contributed by atoms with van der Waals surface area (Å²) in [7, 11) is 1.64. The lowest BCUT2D eigenvalue weighted by molar-refractivity contribution is -0.136. The van der Waals surface area contributed by atoms with E-state index in [1.165, 1.54) is 31.0 Å². The van der Waals surface area contributed by atoms with E-state index in [1.807, 2.05) is 28.8 Å². The second kappa shape index (κ2) is 7.91. The van der Waals surface area contributed by atoms with Gasteiger partial charge in [0.25, 0.3) is 0 Å². The number of benzene rings is 1. The normalized spacial score (nSPS) is 16.6. The van der Waals surface area contributed by atoms with Crippen molar-refractivity contribution in [3.63, 3.8) is 0 Å². The lowest BCUT2D eigenvalue weighted by atomic mass is 9.88. The van der Waals surface area contributed by atoms with E-state index in [1.54, 1.807) is 14.0 Å². The molecule has 0 amide bonds. The second-order valence-electron chi connectivity index (χ2n) is 6.31. The van der Waals surface area contributed by atoms with Gasteiger partial charge in [0.1, 0.15) is 16.8 Å². The first-order valence-electron chi connectivity index (χ1n) is 8.59. The standard InChI is InChI=1S/C18H23N3O3S/c1-12(17(22)23)25-18-20-19-16(13-6-4-3-5-7-13)21(18)14-8-10-15(24-2)11-9-14/h8-13H,3-7H2,1-2H3,(H,22,23)/t12-/m0/s1. The fraction of sp³-hybridized carbons (Fsp3) is 0.500. The Kier molecular flexibility index (Phi) is 5.63. The van der Waals surface area contributed by atoms with E-state index in [0.29, 0.717) is 11.1 Å². The van der Waals surface area contributed by atoms with Crippen LogP contribution in [-0.4, -0.2) is 38.2 Å². The van der Waals surface area contributed by atoms with Crippen LogP contribution in [0.3, 0.4) is 0 Å². The van der Waals surface area contributed by atoms with E-state index in [2.05, 4.69) is 10.2 Å². The van der Waals surface area contributed by atoms with Crippen LogP contribution in [0.15, 0.2) is 29.4 Å². The highest BCUT2D eigenvalue weighted by Gasteiger charge is 2.26. The average Bonchev–Trinajstić information content (AvgIpc) is 3.06. The number of hydrogen-bond acceptors (Lipinski definition) is 5. The summed E-state index contributed by atoms with van der Waals surface area (Å²) in [6.07, 6.45) is 5.88. The molecule has 1 saturated carbocycles. The van der Waals surface area contributed by atoms with Crippen LogP contribution < -0.4 is 4.74 Å². The van der Waals surface area contributed by atoms with Gasteiger partial charge in [-0.1, -0.05) is 31.0 Å². The molecule has 2 aromatic rings. The Bertz CT molecular complexity index is 724. The summed E-state index contributed by atoms with van der Waals surface area (Å²) in [6, 6.07) is 7.72. The van der Waals surface area contributed by atoms with E-state index in [4.69, 9.17) is 4.74 Å². The minimum absolute atomic E-state index is 0.373. The molecule has 0 aliphatic heterocycles. The molecule has 3 rings (SSSR count). The summed E-state index contributed by atoms with van der Waals surface area (Å²) >= 11 is 1.23. The minimum Gasteiger partial charge on any atom is -0.497 e. The molecule has 1 aliphatic rings. The number of nitrogens with zero attached hydrogens (tertiary/aromatic N) is 3. The van der Waals surface area contributed by atoms with Gasteiger partial charge in [-0.15, -0.1) is 10.2 Å². The highest BCUT2D eigenvalue weighted by atomic mass is 32.2. The van der Waals surface area contributed by atoms with Crippen molar-refractivity contribution in [2.24, 2.45) is 0 Å². The molecule has 0 radical (unpaired) electrons. The summed E-state index contributed by atoms with van der Waals surface area (Å²) in [4.78, 5) is 11.2. The van der Waals surface area contributed by atoms with Gasteiger partial charge in [0.05, 0.1) is 7.11 Å². The van der Waals surface area contributed by atoms with Crippen LogP contribution in [0.1, 0.15) is 50.8 Å². The fourth-order valence-electron chi connectivity index (χ4n) is 3.17. The van der Waals surface area contributed by atoms with Crippen LogP contribution in [0, 0.1) is 0 Å². The molecule has 1 fully saturated rings. The summed E-state index contributed by atoms with van der Waals surface area (Å²) < 4.78 is 7.25. The molecule has 7 heteroatoms. The van der Waals surface area contributed by atoms with Crippen molar-refractivity contribution in [3.8, 4) is 11.4 Å². The monoisotopic (exact) mass is 361 g/mol. The minimum atomic E-state index is -0.853. The lowest BCUT2D eigenvalue weighted by Crippen LogP contribution is -2.14. The Labute approximate surface area is 151 Å². The lowest BCUT2D eigenvalue weighted by Gasteiger charge is -2.22. The molecule has 1 heterocycles. The maximum Gasteiger partial charge on any atom is 0.316 e. The largest absolute Gasteiger partial charge is 0.497 e. The van der Waals surface area contributed by atoms with Crippen LogP contribution >= 0.6 is 11.8 Å². The molecule has 0 spiro atoms. The number of ether oxygens (including phenoxy) is 1.